The van der Waals surface area contributed by atoms with E-state index < -0.39 is 0 Å². The van der Waals surface area contributed by atoms with Gasteiger partial charge in [0.15, 0.2) is 0 Å². The highest BCUT2D eigenvalue weighted by molar-refractivity contribution is 5.20. The molecule has 0 radical (unpaired) electrons. The topological polar surface area (TPSA) is 24.5 Å². The van der Waals surface area contributed by atoms with E-state index in [1.54, 1.807) is 0 Å². The van der Waals surface area contributed by atoms with Crippen LogP contribution in [-0.2, 0) is 4.74 Å². The fraction of sp³-hybridized carbons (Fsp3) is 0.647. The quantitative estimate of drug-likeness (QED) is 0.829. The Labute approximate surface area is 123 Å². The fourth-order valence-electron chi connectivity index (χ4n) is 3.05. The molecule has 1 N–H and O–H groups in total. The summed E-state index contributed by atoms with van der Waals surface area (Å²) in [4.78, 5) is 2.55. The molecule has 3 nitrogen and oxygen atoms in total. The highest BCUT2D eigenvalue weighted by Crippen LogP contribution is 2.25. The maximum Gasteiger partial charge on any atom is 0.0710 e. The van der Waals surface area contributed by atoms with Gasteiger partial charge in [0, 0.05) is 32.3 Å². The molecule has 1 saturated heterocycles. The van der Waals surface area contributed by atoms with Crippen molar-refractivity contribution in [2.45, 2.75) is 44.9 Å². The maximum absolute atomic E-state index is 5.50. The maximum atomic E-state index is 5.50. The van der Waals surface area contributed by atoms with Gasteiger partial charge in [-0.15, -0.1) is 0 Å². The first-order valence-electron chi connectivity index (χ1n) is 7.81. The molecule has 1 fully saturated rings. The zero-order chi connectivity index (χ0) is 14.4. The number of rotatable bonds is 7. The Balaban J connectivity index is 2.06. The zero-order valence-electron chi connectivity index (χ0n) is 13.0. The summed E-state index contributed by atoms with van der Waals surface area (Å²) in [5, 5.41) is 3.71. The molecule has 1 aromatic carbocycles. The molecular formula is C17H28N2O. The minimum absolute atomic E-state index is 0.395. The van der Waals surface area contributed by atoms with Crippen LogP contribution in [0.3, 0.4) is 0 Å². The number of hydrogen-bond donors (Lipinski definition) is 1. The molecule has 1 aliphatic heterocycles. The second-order valence-electron chi connectivity index (χ2n) is 5.72. The van der Waals surface area contributed by atoms with E-state index in [2.05, 4.69) is 54.4 Å². The third-order valence-electron chi connectivity index (χ3n) is 4.34. The summed E-state index contributed by atoms with van der Waals surface area (Å²) in [5.41, 5.74) is 1.38. The first kappa shape index (κ1) is 15.5. The summed E-state index contributed by atoms with van der Waals surface area (Å²) in [6.07, 6.45) is 2.72. The molecule has 1 heterocycles. The van der Waals surface area contributed by atoms with Gasteiger partial charge in [-0.2, -0.15) is 0 Å². The number of benzene rings is 1. The average molecular weight is 276 g/mol. The Hall–Kier alpha value is -0.900. The van der Waals surface area contributed by atoms with Gasteiger partial charge in [-0.3, -0.25) is 4.90 Å². The molecule has 0 aliphatic carbocycles. The summed E-state index contributed by atoms with van der Waals surface area (Å²) >= 11 is 0. The van der Waals surface area contributed by atoms with Gasteiger partial charge in [-0.1, -0.05) is 37.3 Å². The van der Waals surface area contributed by atoms with Crippen molar-refractivity contribution < 1.29 is 4.74 Å². The van der Waals surface area contributed by atoms with E-state index in [0.717, 1.165) is 32.5 Å². The lowest BCUT2D eigenvalue weighted by Gasteiger charge is -2.33. The van der Waals surface area contributed by atoms with Gasteiger partial charge in [0.2, 0.25) is 0 Å². The molecule has 3 atom stereocenters. The van der Waals surface area contributed by atoms with E-state index in [9.17, 15) is 0 Å². The van der Waals surface area contributed by atoms with Crippen molar-refractivity contribution in [2.75, 3.05) is 26.7 Å². The largest absolute Gasteiger partial charge is 0.380 e. The van der Waals surface area contributed by atoms with Crippen molar-refractivity contribution in [1.82, 2.24) is 10.2 Å². The Morgan fingerprint density at radius 3 is 2.70 bits per heavy atom. The Kier molecular flexibility index (Phi) is 6.02. The standard InChI is InChI=1S/C17H28N2O/c1-4-11-18-17(15-8-6-5-7-9-15)14(2)19-12-10-16(13-19)20-3/h5-9,14,16-18H,4,10-13H2,1-3H3. The van der Waals surface area contributed by atoms with Crippen LogP contribution in [0.2, 0.25) is 0 Å². The summed E-state index contributed by atoms with van der Waals surface area (Å²) in [5.74, 6) is 0. The van der Waals surface area contributed by atoms with Crippen LogP contribution in [0.1, 0.15) is 38.3 Å². The van der Waals surface area contributed by atoms with E-state index in [-0.39, 0.29) is 0 Å². The molecule has 3 heteroatoms. The number of ether oxygens (including phenoxy) is 1. The highest BCUT2D eigenvalue weighted by atomic mass is 16.5. The molecule has 112 valence electrons. The molecule has 0 aromatic heterocycles. The van der Waals surface area contributed by atoms with E-state index in [1.807, 2.05) is 7.11 Å². The van der Waals surface area contributed by atoms with Crippen molar-refractivity contribution in [3.05, 3.63) is 35.9 Å². The highest BCUT2D eigenvalue weighted by Gasteiger charge is 2.30. The number of likely N-dealkylation sites (tertiary alicyclic amines) is 1. The predicted octanol–water partition coefficient (Wildman–Crippen LogP) is 2.84. The van der Waals surface area contributed by atoms with Crippen LogP contribution in [0, 0.1) is 0 Å². The molecule has 20 heavy (non-hydrogen) atoms. The van der Waals surface area contributed by atoms with Gasteiger partial charge in [-0.25, -0.2) is 0 Å². The third kappa shape index (κ3) is 3.81. The average Bonchev–Trinajstić information content (AvgIpc) is 2.97. The zero-order valence-corrected chi connectivity index (χ0v) is 13.0. The number of methoxy groups -OCH3 is 1. The van der Waals surface area contributed by atoms with E-state index in [4.69, 9.17) is 4.74 Å². The SMILES string of the molecule is CCCNC(c1ccccc1)C(C)N1CCC(OC)C1. The molecule has 2 rings (SSSR count). The summed E-state index contributed by atoms with van der Waals surface area (Å²) in [6.45, 7) is 7.80. The lowest BCUT2D eigenvalue weighted by atomic mass is 9.99. The van der Waals surface area contributed by atoms with Crippen LogP contribution in [0.15, 0.2) is 30.3 Å². The van der Waals surface area contributed by atoms with Gasteiger partial charge in [0.1, 0.15) is 0 Å². The monoisotopic (exact) mass is 276 g/mol. The second-order valence-corrected chi connectivity index (χ2v) is 5.72. The first-order chi connectivity index (χ1) is 9.76. The van der Waals surface area contributed by atoms with Crippen LogP contribution in [-0.4, -0.2) is 43.8 Å². The molecule has 1 aromatic rings. The number of nitrogens with one attached hydrogen (secondary N) is 1. The van der Waals surface area contributed by atoms with Crippen LogP contribution in [0.4, 0.5) is 0 Å². The number of nitrogens with zero attached hydrogens (tertiary/aromatic N) is 1. The van der Waals surface area contributed by atoms with Gasteiger partial charge >= 0.3 is 0 Å². The van der Waals surface area contributed by atoms with Gasteiger partial charge in [-0.05, 0) is 31.9 Å². The molecular weight excluding hydrogens is 248 g/mol. The summed E-state index contributed by atoms with van der Waals surface area (Å²) in [6, 6.07) is 11.7. The minimum atomic E-state index is 0.395. The summed E-state index contributed by atoms with van der Waals surface area (Å²) in [7, 11) is 1.82. The first-order valence-corrected chi connectivity index (χ1v) is 7.81. The van der Waals surface area contributed by atoms with Crippen LogP contribution < -0.4 is 5.32 Å². The Morgan fingerprint density at radius 1 is 1.35 bits per heavy atom. The Bertz CT molecular complexity index is 382. The van der Waals surface area contributed by atoms with Gasteiger partial charge in [0.05, 0.1) is 6.10 Å². The van der Waals surface area contributed by atoms with Crippen molar-refractivity contribution in [3.63, 3.8) is 0 Å². The molecule has 0 bridgehead atoms. The molecule has 0 amide bonds. The normalized spacial score (nSPS) is 22.9. The van der Waals surface area contributed by atoms with Gasteiger partial charge in [0.25, 0.3) is 0 Å². The Morgan fingerprint density at radius 2 is 2.10 bits per heavy atom. The second kappa shape index (κ2) is 7.77. The lowest BCUT2D eigenvalue weighted by molar-refractivity contribution is 0.0976. The summed E-state index contributed by atoms with van der Waals surface area (Å²) < 4.78 is 5.50. The van der Waals surface area contributed by atoms with E-state index in [1.165, 1.54) is 5.56 Å². The van der Waals surface area contributed by atoms with Crippen molar-refractivity contribution in [1.29, 1.82) is 0 Å². The molecule has 0 spiro atoms. The fourth-order valence-corrected chi connectivity index (χ4v) is 3.05. The van der Waals surface area contributed by atoms with Crippen molar-refractivity contribution in [3.8, 4) is 0 Å². The van der Waals surface area contributed by atoms with Crippen LogP contribution in [0.5, 0.6) is 0 Å². The van der Waals surface area contributed by atoms with Crippen molar-refractivity contribution in [2.24, 2.45) is 0 Å². The molecule has 0 saturated carbocycles. The minimum Gasteiger partial charge on any atom is -0.380 e. The smallest absolute Gasteiger partial charge is 0.0710 e. The van der Waals surface area contributed by atoms with Crippen LogP contribution in [0.25, 0.3) is 0 Å². The molecule has 1 aliphatic rings. The third-order valence-corrected chi connectivity index (χ3v) is 4.34. The lowest BCUT2D eigenvalue weighted by Crippen LogP contribution is -2.42. The van der Waals surface area contributed by atoms with Crippen molar-refractivity contribution >= 4 is 0 Å². The van der Waals surface area contributed by atoms with E-state index >= 15 is 0 Å². The van der Waals surface area contributed by atoms with E-state index in [0.29, 0.717) is 18.2 Å². The predicted molar refractivity (Wildman–Crippen MR) is 83.9 cm³/mol. The molecule has 3 unspecified atom stereocenters. The van der Waals surface area contributed by atoms with Crippen LogP contribution >= 0.6 is 0 Å². The van der Waals surface area contributed by atoms with Gasteiger partial charge < -0.3 is 10.1 Å². The number of hydrogen-bond acceptors (Lipinski definition) is 3.